The van der Waals surface area contributed by atoms with Crippen molar-refractivity contribution < 1.29 is 14.3 Å². The molecule has 2 aromatic carbocycles. The molecule has 5 nitrogen and oxygen atoms in total. The lowest BCUT2D eigenvalue weighted by Crippen LogP contribution is -2.20. The number of aromatic nitrogens is 1. The van der Waals surface area contributed by atoms with Gasteiger partial charge >= 0.3 is 0 Å². The Hall–Kier alpha value is -2.44. The fourth-order valence-electron chi connectivity index (χ4n) is 3.04. The molecule has 0 aliphatic carbocycles. The molecule has 0 unspecified atom stereocenters. The summed E-state index contributed by atoms with van der Waals surface area (Å²) in [6.45, 7) is 5.34. The number of fused-ring (bicyclic) bond motifs is 1. The molecule has 0 bridgehead atoms. The first-order valence-electron chi connectivity index (χ1n) is 8.36. The molecule has 1 aromatic heterocycles. The topological polar surface area (TPSA) is 52.8 Å². The Morgan fingerprint density at radius 3 is 2.69 bits per heavy atom. The van der Waals surface area contributed by atoms with E-state index in [4.69, 9.17) is 9.47 Å². The van der Waals surface area contributed by atoms with Crippen LogP contribution in [0.1, 0.15) is 21.5 Å². The van der Waals surface area contributed by atoms with Gasteiger partial charge in [-0.2, -0.15) is 4.99 Å². The third kappa shape index (κ3) is 3.57. The summed E-state index contributed by atoms with van der Waals surface area (Å²) in [5.74, 6) is 0.215. The molecule has 6 heteroatoms. The zero-order chi connectivity index (χ0) is 18.7. The van der Waals surface area contributed by atoms with Crippen molar-refractivity contribution in [1.82, 2.24) is 4.57 Å². The van der Waals surface area contributed by atoms with Gasteiger partial charge in [0.25, 0.3) is 5.91 Å². The van der Waals surface area contributed by atoms with E-state index < -0.39 is 0 Å². The molecule has 3 rings (SSSR count). The summed E-state index contributed by atoms with van der Waals surface area (Å²) in [5, 5.41) is 0. The van der Waals surface area contributed by atoms with E-state index in [0.29, 0.717) is 29.3 Å². The van der Waals surface area contributed by atoms with E-state index in [1.165, 1.54) is 22.5 Å². The number of carbonyl (C=O) groups excluding carboxylic acids is 1. The number of benzene rings is 2. The summed E-state index contributed by atoms with van der Waals surface area (Å²) in [6.07, 6.45) is 0. The third-order valence-corrected chi connectivity index (χ3v) is 5.19. The molecule has 1 heterocycles. The van der Waals surface area contributed by atoms with E-state index in [9.17, 15) is 4.79 Å². The first-order chi connectivity index (χ1) is 12.5. The van der Waals surface area contributed by atoms with Gasteiger partial charge in [-0.15, -0.1) is 0 Å². The van der Waals surface area contributed by atoms with Crippen molar-refractivity contribution >= 4 is 27.5 Å². The van der Waals surface area contributed by atoms with Gasteiger partial charge in [0.2, 0.25) is 0 Å². The van der Waals surface area contributed by atoms with Gasteiger partial charge in [0, 0.05) is 13.7 Å². The van der Waals surface area contributed by atoms with Gasteiger partial charge in [0.15, 0.2) is 4.80 Å². The quantitative estimate of drug-likeness (QED) is 0.688. The van der Waals surface area contributed by atoms with Crippen LogP contribution in [0.4, 0.5) is 0 Å². The van der Waals surface area contributed by atoms with E-state index in [1.54, 1.807) is 26.4 Å². The number of carbonyl (C=O) groups is 1. The van der Waals surface area contributed by atoms with Crippen molar-refractivity contribution in [3.8, 4) is 5.75 Å². The third-order valence-electron chi connectivity index (χ3n) is 4.17. The Morgan fingerprint density at radius 2 is 1.96 bits per heavy atom. The Morgan fingerprint density at radius 1 is 1.19 bits per heavy atom. The average Bonchev–Trinajstić information content (AvgIpc) is 2.96. The van der Waals surface area contributed by atoms with E-state index in [1.807, 2.05) is 12.1 Å². The number of aryl methyl sites for hydroxylation is 2. The van der Waals surface area contributed by atoms with Crippen LogP contribution in [0.25, 0.3) is 10.2 Å². The van der Waals surface area contributed by atoms with Crippen LogP contribution >= 0.6 is 11.3 Å². The molecular formula is C20H22N2O3S. The number of thiazole rings is 1. The van der Waals surface area contributed by atoms with Crippen molar-refractivity contribution in [2.45, 2.75) is 20.4 Å². The maximum Gasteiger partial charge on any atom is 0.283 e. The second-order valence-corrected chi connectivity index (χ2v) is 7.08. The smallest absolute Gasteiger partial charge is 0.283 e. The van der Waals surface area contributed by atoms with Crippen LogP contribution in [0.5, 0.6) is 5.75 Å². The molecule has 0 aliphatic rings. The van der Waals surface area contributed by atoms with Crippen molar-refractivity contribution in [3.05, 3.63) is 57.9 Å². The van der Waals surface area contributed by atoms with Gasteiger partial charge in [0.05, 0.1) is 29.5 Å². The van der Waals surface area contributed by atoms with Gasteiger partial charge in [-0.1, -0.05) is 29.5 Å². The summed E-state index contributed by atoms with van der Waals surface area (Å²) >= 11 is 1.52. The highest BCUT2D eigenvalue weighted by molar-refractivity contribution is 7.16. The Kier molecular flexibility index (Phi) is 5.54. The number of para-hydroxylation sites is 1. The molecule has 0 saturated carbocycles. The van der Waals surface area contributed by atoms with Crippen LogP contribution < -0.4 is 9.54 Å². The average molecular weight is 370 g/mol. The highest BCUT2D eigenvalue weighted by Crippen LogP contribution is 2.24. The summed E-state index contributed by atoms with van der Waals surface area (Å²) < 4.78 is 13.7. The summed E-state index contributed by atoms with van der Waals surface area (Å²) in [4.78, 5) is 17.8. The molecule has 0 atom stereocenters. The number of hydrogen-bond acceptors (Lipinski definition) is 4. The van der Waals surface area contributed by atoms with Crippen LogP contribution in [-0.4, -0.2) is 31.3 Å². The monoisotopic (exact) mass is 370 g/mol. The molecule has 1 amide bonds. The second kappa shape index (κ2) is 7.85. The highest BCUT2D eigenvalue weighted by Gasteiger charge is 2.14. The molecular weight excluding hydrogens is 348 g/mol. The maximum atomic E-state index is 12.8. The molecule has 136 valence electrons. The predicted octanol–water partition coefficient (Wildman–Crippen LogP) is 3.72. The lowest BCUT2D eigenvalue weighted by molar-refractivity contribution is 0.0994. The lowest BCUT2D eigenvalue weighted by Gasteiger charge is -2.07. The van der Waals surface area contributed by atoms with Crippen molar-refractivity contribution in [2.75, 3.05) is 20.8 Å². The number of amides is 1. The minimum atomic E-state index is -0.311. The second-order valence-electron chi connectivity index (χ2n) is 6.07. The molecule has 26 heavy (non-hydrogen) atoms. The van der Waals surface area contributed by atoms with Gasteiger partial charge in [-0.25, -0.2) is 0 Å². The standard InChI is InChI=1S/C20H22N2O3S/c1-13-11-14(2)18-17(12-13)26-20(22(18)9-10-24-3)21-19(23)15-7-5-6-8-16(15)25-4/h5-8,11-12H,9-10H2,1-4H3. The number of ether oxygens (including phenoxy) is 2. The number of hydrogen-bond donors (Lipinski definition) is 0. The van der Waals surface area contributed by atoms with E-state index in [2.05, 4.69) is 35.5 Å². The van der Waals surface area contributed by atoms with Crippen LogP contribution in [0, 0.1) is 13.8 Å². The Labute approximate surface area is 156 Å². The molecule has 0 spiro atoms. The molecule has 0 radical (unpaired) electrons. The van der Waals surface area contributed by atoms with Crippen molar-refractivity contribution in [1.29, 1.82) is 0 Å². The van der Waals surface area contributed by atoms with Crippen LogP contribution in [0.15, 0.2) is 41.4 Å². The van der Waals surface area contributed by atoms with Crippen molar-refractivity contribution in [2.24, 2.45) is 4.99 Å². The highest BCUT2D eigenvalue weighted by atomic mass is 32.1. The zero-order valence-electron chi connectivity index (χ0n) is 15.4. The first kappa shape index (κ1) is 18.4. The van der Waals surface area contributed by atoms with Gasteiger partial charge in [-0.3, -0.25) is 4.79 Å². The van der Waals surface area contributed by atoms with E-state index in [0.717, 1.165) is 10.2 Å². The largest absolute Gasteiger partial charge is 0.496 e. The molecule has 0 aliphatic heterocycles. The predicted molar refractivity (Wildman–Crippen MR) is 104 cm³/mol. The first-order valence-corrected chi connectivity index (χ1v) is 9.18. The summed E-state index contributed by atoms with van der Waals surface area (Å²) in [5.41, 5.74) is 3.92. The van der Waals surface area contributed by atoms with Crippen LogP contribution in [0.3, 0.4) is 0 Å². The summed E-state index contributed by atoms with van der Waals surface area (Å²) in [7, 11) is 3.22. The SMILES string of the molecule is COCCn1c(=NC(=O)c2ccccc2OC)sc2cc(C)cc(C)c21. The summed E-state index contributed by atoms with van der Waals surface area (Å²) in [6, 6.07) is 11.4. The minimum Gasteiger partial charge on any atom is -0.496 e. The maximum absolute atomic E-state index is 12.8. The van der Waals surface area contributed by atoms with E-state index in [-0.39, 0.29) is 5.91 Å². The molecule has 0 saturated heterocycles. The van der Waals surface area contributed by atoms with Crippen LogP contribution in [0.2, 0.25) is 0 Å². The number of nitrogens with zero attached hydrogens (tertiary/aromatic N) is 2. The normalized spacial score (nSPS) is 11.9. The Bertz CT molecular complexity index is 1020. The fourth-order valence-corrected chi connectivity index (χ4v) is 4.27. The lowest BCUT2D eigenvalue weighted by atomic mass is 10.1. The fraction of sp³-hybridized carbons (Fsp3) is 0.300. The van der Waals surface area contributed by atoms with Crippen LogP contribution in [-0.2, 0) is 11.3 Å². The molecule has 0 fully saturated rings. The number of methoxy groups -OCH3 is 2. The van der Waals surface area contributed by atoms with Crippen molar-refractivity contribution in [3.63, 3.8) is 0 Å². The minimum absolute atomic E-state index is 0.311. The Balaban J connectivity index is 2.18. The van der Waals surface area contributed by atoms with Gasteiger partial charge in [0.1, 0.15) is 5.75 Å². The molecule has 3 aromatic rings. The van der Waals surface area contributed by atoms with E-state index >= 15 is 0 Å². The van der Waals surface area contributed by atoms with Gasteiger partial charge in [-0.05, 0) is 43.2 Å². The van der Waals surface area contributed by atoms with Gasteiger partial charge < -0.3 is 14.0 Å². The number of rotatable bonds is 5. The zero-order valence-corrected chi connectivity index (χ0v) is 16.2. The molecule has 0 N–H and O–H groups in total.